The Bertz CT molecular complexity index is 553. The zero-order valence-corrected chi connectivity index (χ0v) is 13.4. The highest BCUT2D eigenvalue weighted by Crippen LogP contribution is 2.32. The molecule has 102 valence electrons. The van der Waals surface area contributed by atoms with Crippen molar-refractivity contribution >= 4 is 27.5 Å². The average Bonchev–Trinajstić information content (AvgIpc) is 2.84. The van der Waals surface area contributed by atoms with Crippen LogP contribution in [0.5, 0.6) is 0 Å². The molecule has 1 atom stereocenters. The maximum atomic E-state index is 6.39. The van der Waals surface area contributed by atoms with Crippen LogP contribution < -0.4 is 5.32 Å². The number of halogens is 2. The Balaban J connectivity index is 2.44. The van der Waals surface area contributed by atoms with E-state index in [9.17, 15) is 0 Å². The van der Waals surface area contributed by atoms with Crippen molar-refractivity contribution in [3.8, 4) is 0 Å². The summed E-state index contributed by atoms with van der Waals surface area (Å²) in [6.45, 7) is 3.11. The molecule has 1 unspecified atom stereocenters. The van der Waals surface area contributed by atoms with Crippen molar-refractivity contribution in [1.82, 2.24) is 14.9 Å². The minimum atomic E-state index is -0.00782. The Labute approximate surface area is 127 Å². The molecule has 0 bridgehead atoms. The van der Waals surface area contributed by atoms with Gasteiger partial charge in [0.2, 0.25) is 0 Å². The molecule has 0 aliphatic carbocycles. The first-order valence-corrected chi connectivity index (χ1v) is 7.48. The van der Waals surface area contributed by atoms with E-state index in [0.717, 1.165) is 33.8 Å². The Morgan fingerprint density at radius 3 is 2.95 bits per heavy atom. The maximum Gasteiger partial charge on any atom is 0.130 e. The lowest BCUT2D eigenvalue weighted by atomic mass is 10.1. The monoisotopic (exact) mass is 341 g/mol. The van der Waals surface area contributed by atoms with Crippen LogP contribution in [0.4, 0.5) is 0 Å². The van der Waals surface area contributed by atoms with E-state index >= 15 is 0 Å². The zero-order valence-electron chi connectivity index (χ0n) is 11.0. The third-order valence-corrected chi connectivity index (χ3v) is 4.36. The van der Waals surface area contributed by atoms with Gasteiger partial charge >= 0.3 is 0 Å². The average molecular weight is 343 g/mol. The number of hydrogen-bond acceptors (Lipinski definition) is 2. The number of hydrogen-bond donors (Lipinski definition) is 1. The Hall–Kier alpha value is -0.840. The van der Waals surface area contributed by atoms with Crippen LogP contribution in [-0.2, 0) is 6.54 Å². The van der Waals surface area contributed by atoms with Crippen molar-refractivity contribution in [3.05, 3.63) is 51.5 Å². The van der Waals surface area contributed by atoms with Gasteiger partial charge in [0.05, 0.1) is 11.1 Å². The molecule has 1 heterocycles. The Morgan fingerprint density at radius 2 is 2.26 bits per heavy atom. The van der Waals surface area contributed by atoms with Gasteiger partial charge in [-0.15, -0.1) is 0 Å². The number of benzene rings is 1. The molecule has 1 N–H and O–H groups in total. The summed E-state index contributed by atoms with van der Waals surface area (Å²) in [5.74, 6) is 0.990. The van der Waals surface area contributed by atoms with Gasteiger partial charge in [-0.3, -0.25) is 0 Å². The minimum absolute atomic E-state index is 0.00782. The van der Waals surface area contributed by atoms with Crippen LogP contribution in [0.2, 0.25) is 5.02 Å². The van der Waals surface area contributed by atoms with Gasteiger partial charge in [0.15, 0.2) is 0 Å². The van der Waals surface area contributed by atoms with Gasteiger partial charge in [-0.25, -0.2) is 4.98 Å². The van der Waals surface area contributed by atoms with Gasteiger partial charge in [-0.05, 0) is 41.0 Å². The molecular weight excluding hydrogens is 326 g/mol. The largest absolute Gasteiger partial charge is 0.333 e. The molecule has 19 heavy (non-hydrogen) atoms. The normalized spacial score (nSPS) is 12.6. The smallest absolute Gasteiger partial charge is 0.130 e. The third-order valence-electron chi connectivity index (χ3n) is 3.05. The number of rotatable bonds is 5. The molecule has 0 aliphatic rings. The second-order valence-electron chi connectivity index (χ2n) is 4.34. The molecule has 0 saturated heterocycles. The quantitative estimate of drug-likeness (QED) is 0.889. The van der Waals surface area contributed by atoms with Crippen LogP contribution in [0.1, 0.15) is 30.8 Å². The lowest BCUT2D eigenvalue weighted by Gasteiger charge is -2.19. The summed E-state index contributed by atoms with van der Waals surface area (Å²) in [5.41, 5.74) is 1.03. The van der Waals surface area contributed by atoms with Crippen LogP contribution >= 0.6 is 27.5 Å². The van der Waals surface area contributed by atoms with Crippen molar-refractivity contribution in [1.29, 1.82) is 0 Å². The second-order valence-corrected chi connectivity index (χ2v) is 5.58. The van der Waals surface area contributed by atoms with Gasteiger partial charge in [0, 0.05) is 23.4 Å². The number of nitrogens with zero attached hydrogens (tertiary/aromatic N) is 2. The highest BCUT2D eigenvalue weighted by atomic mass is 79.9. The molecular formula is C14H17BrClN3. The Morgan fingerprint density at radius 1 is 1.47 bits per heavy atom. The van der Waals surface area contributed by atoms with Gasteiger partial charge in [0.1, 0.15) is 5.82 Å². The van der Waals surface area contributed by atoms with E-state index in [1.807, 2.05) is 37.6 Å². The third kappa shape index (κ3) is 3.02. The van der Waals surface area contributed by atoms with E-state index in [0.29, 0.717) is 0 Å². The summed E-state index contributed by atoms with van der Waals surface area (Å²) in [5, 5.41) is 4.03. The van der Waals surface area contributed by atoms with Crippen LogP contribution in [0.25, 0.3) is 0 Å². The van der Waals surface area contributed by atoms with Crippen molar-refractivity contribution in [2.24, 2.45) is 0 Å². The standard InChI is InChI=1S/C14H17BrClN3/c1-3-8-19-9-7-18-14(19)13(17-2)10-5-4-6-11(15)12(10)16/h4-7,9,13,17H,3,8H2,1-2H3. The molecule has 0 radical (unpaired) electrons. The molecule has 1 aromatic heterocycles. The van der Waals surface area contributed by atoms with Crippen molar-refractivity contribution in [3.63, 3.8) is 0 Å². The zero-order chi connectivity index (χ0) is 13.8. The van der Waals surface area contributed by atoms with E-state index in [4.69, 9.17) is 11.6 Å². The first-order valence-electron chi connectivity index (χ1n) is 6.31. The highest BCUT2D eigenvalue weighted by molar-refractivity contribution is 9.10. The van der Waals surface area contributed by atoms with E-state index in [1.54, 1.807) is 0 Å². The molecule has 0 amide bonds. The summed E-state index contributed by atoms with van der Waals surface area (Å²) < 4.78 is 3.07. The van der Waals surface area contributed by atoms with Crippen molar-refractivity contribution in [2.75, 3.05) is 7.05 Å². The van der Waals surface area contributed by atoms with Crippen LogP contribution in [0.15, 0.2) is 35.1 Å². The fraction of sp³-hybridized carbons (Fsp3) is 0.357. The van der Waals surface area contributed by atoms with Crippen LogP contribution in [0.3, 0.4) is 0 Å². The summed E-state index contributed by atoms with van der Waals surface area (Å²) in [7, 11) is 1.92. The molecule has 3 nitrogen and oxygen atoms in total. The number of imidazole rings is 1. The predicted molar refractivity (Wildman–Crippen MR) is 82.6 cm³/mol. The lowest BCUT2D eigenvalue weighted by molar-refractivity contribution is 0.568. The van der Waals surface area contributed by atoms with E-state index < -0.39 is 0 Å². The van der Waals surface area contributed by atoms with Crippen LogP contribution in [0, 0.1) is 0 Å². The van der Waals surface area contributed by atoms with Crippen molar-refractivity contribution < 1.29 is 0 Å². The van der Waals surface area contributed by atoms with E-state index in [2.05, 4.69) is 37.7 Å². The fourth-order valence-corrected chi connectivity index (χ4v) is 2.79. The van der Waals surface area contributed by atoms with Gasteiger partial charge in [-0.2, -0.15) is 0 Å². The molecule has 1 aromatic carbocycles. The van der Waals surface area contributed by atoms with Gasteiger partial charge in [0.25, 0.3) is 0 Å². The molecule has 0 aliphatic heterocycles. The molecule has 2 aromatic rings. The molecule has 0 spiro atoms. The highest BCUT2D eigenvalue weighted by Gasteiger charge is 2.20. The minimum Gasteiger partial charge on any atom is -0.333 e. The summed E-state index contributed by atoms with van der Waals surface area (Å²) in [6, 6.07) is 5.95. The van der Waals surface area contributed by atoms with Crippen molar-refractivity contribution in [2.45, 2.75) is 25.9 Å². The number of aryl methyl sites for hydroxylation is 1. The van der Waals surface area contributed by atoms with E-state index in [1.165, 1.54) is 0 Å². The van der Waals surface area contributed by atoms with E-state index in [-0.39, 0.29) is 6.04 Å². The summed E-state index contributed by atoms with van der Waals surface area (Å²) in [6.07, 6.45) is 4.92. The second kappa shape index (κ2) is 6.55. The first kappa shape index (κ1) is 14.6. The van der Waals surface area contributed by atoms with Gasteiger partial charge in [-0.1, -0.05) is 30.7 Å². The fourth-order valence-electron chi connectivity index (χ4n) is 2.18. The molecule has 2 rings (SSSR count). The molecule has 0 fully saturated rings. The molecule has 5 heteroatoms. The first-order chi connectivity index (χ1) is 9.19. The van der Waals surface area contributed by atoms with Gasteiger partial charge < -0.3 is 9.88 Å². The topological polar surface area (TPSA) is 29.9 Å². The summed E-state index contributed by atoms with van der Waals surface area (Å²) >= 11 is 9.86. The van der Waals surface area contributed by atoms with Crippen LogP contribution in [-0.4, -0.2) is 16.6 Å². The lowest BCUT2D eigenvalue weighted by Crippen LogP contribution is -2.22. The summed E-state index contributed by atoms with van der Waals surface area (Å²) in [4.78, 5) is 4.48. The number of aromatic nitrogens is 2. The SMILES string of the molecule is CCCn1ccnc1C(NC)c1cccc(Br)c1Cl. The number of nitrogens with one attached hydrogen (secondary N) is 1. The Kier molecular flexibility index (Phi) is 5.02. The predicted octanol–water partition coefficient (Wildman–Crippen LogP) is 4.02. The molecule has 0 saturated carbocycles. The maximum absolute atomic E-state index is 6.39.